The lowest BCUT2D eigenvalue weighted by atomic mass is 10.0. The second-order valence-electron chi connectivity index (χ2n) is 8.44. The van der Waals surface area contributed by atoms with Crippen molar-refractivity contribution in [3.8, 4) is 11.5 Å². The Kier molecular flexibility index (Phi) is 5.97. The average molecular weight is 410 g/mol. The molecule has 0 aliphatic carbocycles. The number of fused-ring (bicyclic) bond motifs is 1. The molecule has 160 valence electrons. The summed E-state index contributed by atoms with van der Waals surface area (Å²) in [7, 11) is 0. The van der Waals surface area contributed by atoms with Crippen LogP contribution in [-0.4, -0.2) is 54.7 Å². The molecule has 6 nitrogen and oxygen atoms in total. The van der Waals surface area contributed by atoms with Crippen LogP contribution in [0.25, 0.3) is 0 Å². The third-order valence-corrected chi connectivity index (χ3v) is 6.10. The molecule has 2 heterocycles. The maximum absolute atomic E-state index is 12.9. The number of rotatable bonds is 5. The molecule has 0 unspecified atom stereocenters. The minimum atomic E-state index is -0.155. The highest BCUT2D eigenvalue weighted by Gasteiger charge is 2.26. The summed E-state index contributed by atoms with van der Waals surface area (Å²) in [5.41, 5.74) is 5.61. The Labute approximate surface area is 178 Å². The van der Waals surface area contributed by atoms with Gasteiger partial charge in [-0.05, 0) is 56.5 Å². The highest BCUT2D eigenvalue weighted by Crippen LogP contribution is 2.33. The van der Waals surface area contributed by atoms with Gasteiger partial charge in [0, 0.05) is 38.4 Å². The fourth-order valence-corrected chi connectivity index (χ4v) is 4.38. The van der Waals surface area contributed by atoms with Crippen LogP contribution in [0, 0.1) is 20.8 Å². The molecule has 2 aromatic rings. The molecule has 1 N–H and O–H groups in total. The largest absolute Gasteiger partial charge is 0.454 e. The first kappa shape index (κ1) is 20.7. The summed E-state index contributed by atoms with van der Waals surface area (Å²) in [5, 5.41) is 3.16. The number of amides is 1. The minimum Gasteiger partial charge on any atom is -0.454 e. The van der Waals surface area contributed by atoms with Gasteiger partial charge in [0.1, 0.15) is 0 Å². The fraction of sp³-hybridized carbons (Fsp3) is 0.458. The summed E-state index contributed by atoms with van der Waals surface area (Å²) in [5.74, 6) is 1.72. The summed E-state index contributed by atoms with van der Waals surface area (Å²) < 4.78 is 10.9. The Morgan fingerprint density at radius 2 is 1.67 bits per heavy atom. The summed E-state index contributed by atoms with van der Waals surface area (Å²) >= 11 is 0. The molecule has 1 amide bonds. The SMILES string of the molecule is Cc1cc(C)c(NC(=O)[C@H](C)N2CCN(Cc3ccc4c(c3)OCO4)CC2)c(C)c1. The molecule has 1 atom stereocenters. The van der Waals surface area contributed by atoms with Crippen molar-refractivity contribution in [3.05, 3.63) is 52.6 Å². The first-order valence-electron chi connectivity index (χ1n) is 10.6. The Balaban J connectivity index is 1.31. The van der Waals surface area contributed by atoms with E-state index in [0.717, 1.165) is 61.0 Å². The van der Waals surface area contributed by atoms with Gasteiger partial charge in [-0.15, -0.1) is 0 Å². The Morgan fingerprint density at radius 3 is 2.37 bits per heavy atom. The van der Waals surface area contributed by atoms with Crippen molar-refractivity contribution < 1.29 is 14.3 Å². The summed E-state index contributed by atoms with van der Waals surface area (Å²) in [6.07, 6.45) is 0. The van der Waals surface area contributed by atoms with Gasteiger partial charge in [-0.2, -0.15) is 0 Å². The first-order chi connectivity index (χ1) is 14.4. The highest BCUT2D eigenvalue weighted by molar-refractivity contribution is 5.96. The lowest BCUT2D eigenvalue weighted by Crippen LogP contribution is -2.52. The fourth-order valence-electron chi connectivity index (χ4n) is 4.38. The van der Waals surface area contributed by atoms with Crippen molar-refractivity contribution in [1.82, 2.24) is 9.80 Å². The van der Waals surface area contributed by atoms with Crippen molar-refractivity contribution in [3.63, 3.8) is 0 Å². The number of hydrogen-bond donors (Lipinski definition) is 1. The number of ether oxygens (including phenoxy) is 2. The van der Waals surface area contributed by atoms with Crippen molar-refractivity contribution in [2.75, 3.05) is 38.3 Å². The molecule has 0 radical (unpaired) electrons. The summed E-state index contributed by atoms with van der Waals surface area (Å²) in [4.78, 5) is 17.6. The third-order valence-electron chi connectivity index (χ3n) is 6.10. The van der Waals surface area contributed by atoms with Gasteiger partial charge in [0.2, 0.25) is 12.7 Å². The van der Waals surface area contributed by atoms with Crippen molar-refractivity contribution >= 4 is 11.6 Å². The van der Waals surface area contributed by atoms with E-state index in [1.165, 1.54) is 11.1 Å². The van der Waals surface area contributed by atoms with Crippen LogP contribution in [0.5, 0.6) is 11.5 Å². The molecular weight excluding hydrogens is 378 g/mol. The number of nitrogens with one attached hydrogen (secondary N) is 1. The van der Waals surface area contributed by atoms with Crippen LogP contribution in [0.1, 0.15) is 29.2 Å². The molecule has 0 spiro atoms. The molecule has 2 aromatic carbocycles. The number of carbonyl (C=O) groups is 1. The monoisotopic (exact) mass is 409 g/mol. The molecule has 4 rings (SSSR count). The predicted octanol–water partition coefficient (Wildman–Crippen LogP) is 3.49. The van der Waals surface area contributed by atoms with Gasteiger partial charge < -0.3 is 14.8 Å². The van der Waals surface area contributed by atoms with Crippen LogP contribution < -0.4 is 14.8 Å². The van der Waals surface area contributed by atoms with Gasteiger partial charge in [-0.25, -0.2) is 0 Å². The Morgan fingerprint density at radius 1 is 1.00 bits per heavy atom. The number of carbonyl (C=O) groups excluding carboxylic acids is 1. The lowest BCUT2D eigenvalue weighted by molar-refractivity contribution is -0.121. The van der Waals surface area contributed by atoms with Crippen molar-refractivity contribution in [1.29, 1.82) is 0 Å². The smallest absolute Gasteiger partial charge is 0.241 e. The third kappa shape index (κ3) is 4.45. The average Bonchev–Trinajstić information content (AvgIpc) is 3.18. The van der Waals surface area contributed by atoms with Crippen LogP contribution in [0.4, 0.5) is 5.69 Å². The maximum Gasteiger partial charge on any atom is 0.241 e. The number of piperazine rings is 1. The number of aryl methyl sites for hydroxylation is 3. The topological polar surface area (TPSA) is 54.0 Å². The number of anilines is 1. The summed E-state index contributed by atoms with van der Waals surface area (Å²) in [6.45, 7) is 13.0. The molecule has 1 fully saturated rings. The molecule has 30 heavy (non-hydrogen) atoms. The molecule has 2 aliphatic rings. The second kappa shape index (κ2) is 8.66. The predicted molar refractivity (Wildman–Crippen MR) is 118 cm³/mol. The highest BCUT2D eigenvalue weighted by atomic mass is 16.7. The van der Waals surface area contributed by atoms with Crippen molar-refractivity contribution in [2.45, 2.75) is 40.3 Å². The van der Waals surface area contributed by atoms with E-state index >= 15 is 0 Å². The van der Waals surface area contributed by atoms with Crippen LogP contribution in [-0.2, 0) is 11.3 Å². The maximum atomic E-state index is 12.9. The molecule has 0 saturated carbocycles. The van der Waals surface area contributed by atoms with Gasteiger partial charge in [0.15, 0.2) is 11.5 Å². The molecule has 1 saturated heterocycles. The van der Waals surface area contributed by atoms with Gasteiger partial charge in [0.05, 0.1) is 6.04 Å². The van der Waals surface area contributed by atoms with Gasteiger partial charge in [-0.3, -0.25) is 14.6 Å². The van der Waals surface area contributed by atoms with E-state index in [4.69, 9.17) is 9.47 Å². The van der Waals surface area contributed by atoms with Crippen LogP contribution >= 0.6 is 0 Å². The van der Waals surface area contributed by atoms with Gasteiger partial charge in [0.25, 0.3) is 0 Å². The van der Waals surface area contributed by atoms with E-state index in [2.05, 4.69) is 60.2 Å². The van der Waals surface area contributed by atoms with E-state index in [1.54, 1.807) is 0 Å². The number of benzene rings is 2. The van der Waals surface area contributed by atoms with E-state index in [0.29, 0.717) is 6.79 Å². The van der Waals surface area contributed by atoms with Gasteiger partial charge >= 0.3 is 0 Å². The zero-order chi connectivity index (χ0) is 21.3. The quantitative estimate of drug-likeness (QED) is 0.819. The Hall–Kier alpha value is -2.57. The minimum absolute atomic E-state index is 0.0641. The number of hydrogen-bond acceptors (Lipinski definition) is 5. The van der Waals surface area contributed by atoms with Crippen molar-refractivity contribution in [2.24, 2.45) is 0 Å². The van der Waals surface area contributed by atoms with Crippen LogP contribution in [0.3, 0.4) is 0 Å². The zero-order valence-corrected chi connectivity index (χ0v) is 18.3. The van der Waals surface area contributed by atoms with Crippen LogP contribution in [0.2, 0.25) is 0 Å². The van der Waals surface area contributed by atoms with Gasteiger partial charge in [-0.1, -0.05) is 23.8 Å². The lowest BCUT2D eigenvalue weighted by Gasteiger charge is -2.37. The van der Waals surface area contributed by atoms with E-state index in [1.807, 2.05) is 13.0 Å². The first-order valence-corrected chi connectivity index (χ1v) is 10.6. The summed E-state index contributed by atoms with van der Waals surface area (Å²) in [6, 6.07) is 10.2. The molecular formula is C24H31N3O3. The second-order valence-corrected chi connectivity index (χ2v) is 8.44. The van der Waals surface area contributed by atoms with E-state index < -0.39 is 0 Å². The number of nitrogens with zero attached hydrogens (tertiary/aromatic N) is 2. The molecule has 6 heteroatoms. The normalized spacial score (nSPS) is 17.7. The van der Waals surface area contributed by atoms with Crippen LogP contribution in [0.15, 0.2) is 30.3 Å². The zero-order valence-electron chi connectivity index (χ0n) is 18.3. The van der Waals surface area contributed by atoms with E-state index in [-0.39, 0.29) is 11.9 Å². The van der Waals surface area contributed by atoms with E-state index in [9.17, 15) is 4.79 Å². The molecule has 0 aromatic heterocycles. The molecule has 2 aliphatic heterocycles. The standard InChI is InChI=1S/C24H31N3O3/c1-16-11-17(2)23(18(3)12-16)25-24(28)19(4)27-9-7-26(8-10-27)14-20-5-6-21-22(13-20)30-15-29-21/h5-6,11-13,19H,7-10,14-15H2,1-4H3,(H,25,28)/t19-/m0/s1. The Bertz CT molecular complexity index is 912. The molecule has 0 bridgehead atoms.